The Kier molecular flexibility index (Phi) is 3.38. The molecule has 0 saturated carbocycles. The normalized spacial score (nSPS) is 10.4. The summed E-state index contributed by atoms with van der Waals surface area (Å²) in [6, 6.07) is 7.27. The Morgan fingerprint density at radius 3 is 2.44 bits per heavy atom. The molecule has 0 saturated heterocycles. The number of halogens is 1. The fourth-order valence-corrected chi connectivity index (χ4v) is 2.30. The fourth-order valence-electron chi connectivity index (χ4n) is 1.70. The minimum absolute atomic E-state index is 0.126. The Labute approximate surface area is 112 Å². The summed E-state index contributed by atoms with van der Waals surface area (Å²) in [4.78, 5) is 15.3. The van der Waals surface area contributed by atoms with Crippen molar-refractivity contribution in [3.63, 3.8) is 0 Å². The maximum absolute atomic E-state index is 11.1. The van der Waals surface area contributed by atoms with E-state index in [1.165, 1.54) is 4.57 Å². The summed E-state index contributed by atoms with van der Waals surface area (Å²) in [5, 5.41) is 9.08. The van der Waals surface area contributed by atoms with Gasteiger partial charge >= 0.3 is 5.97 Å². The summed E-state index contributed by atoms with van der Waals surface area (Å²) in [5.74, 6) is 0.309. The van der Waals surface area contributed by atoms with E-state index in [-0.39, 0.29) is 5.69 Å². The van der Waals surface area contributed by atoms with Crippen LogP contribution in [0.3, 0.4) is 0 Å². The summed E-state index contributed by atoms with van der Waals surface area (Å²) < 4.78 is 6.93. The molecule has 94 valence electrons. The summed E-state index contributed by atoms with van der Waals surface area (Å²) in [6.45, 7) is 0. The van der Waals surface area contributed by atoms with Gasteiger partial charge in [-0.05, 0) is 40.2 Å². The monoisotopic (exact) mass is 310 g/mol. The first-order chi connectivity index (χ1) is 8.54. The van der Waals surface area contributed by atoms with Crippen molar-refractivity contribution in [1.29, 1.82) is 0 Å². The van der Waals surface area contributed by atoms with Crippen molar-refractivity contribution in [3.05, 3.63) is 34.6 Å². The number of carboxylic acids is 1. The standard InChI is InChI=1S/C12H11BrN2O3/c1-15-9(12(16)17)10(13)14-11(15)7-3-5-8(18-2)6-4-7/h3-6H,1-2H3,(H,16,17). The van der Waals surface area contributed by atoms with Crippen molar-refractivity contribution in [2.24, 2.45) is 7.05 Å². The fraction of sp³-hybridized carbons (Fsp3) is 0.167. The lowest BCUT2D eigenvalue weighted by Crippen LogP contribution is -2.05. The highest BCUT2D eigenvalue weighted by atomic mass is 79.9. The average molecular weight is 311 g/mol. The minimum Gasteiger partial charge on any atom is -0.497 e. The molecule has 0 aliphatic rings. The van der Waals surface area contributed by atoms with Gasteiger partial charge in [0, 0.05) is 12.6 Å². The molecule has 6 heteroatoms. The molecule has 0 amide bonds. The Morgan fingerprint density at radius 1 is 1.39 bits per heavy atom. The summed E-state index contributed by atoms with van der Waals surface area (Å²) in [5.41, 5.74) is 0.951. The highest BCUT2D eigenvalue weighted by Gasteiger charge is 2.19. The Hall–Kier alpha value is -1.82. The highest BCUT2D eigenvalue weighted by molar-refractivity contribution is 9.10. The molecule has 0 spiro atoms. The molecule has 2 aromatic rings. The number of hydrogen-bond donors (Lipinski definition) is 1. The van der Waals surface area contributed by atoms with Crippen molar-refractivity contribution in [2.45, 2.75) is 0 Å². The number of aromatic carboxylic acids is 1. The van der Waals surface area contributed by atoms with Gasteiger partial charge in [0.05, 0.1) is 7.11 Å². The second kappa shape index (κ2) is 4.81. The van der Waals surface area contributed by atoms with Gasteiger partial charge in [0.15, 0.2) is 5.69 Å². The molecule has 0 radical (unpaired) electrons. The molecule has 1 aromatic carbocycles. The number of carbonyl (C=O) groups is 1. The number of carboxylic acid groups (broad SMARTS) is 1. The maximum atomic E-state index is 11.1. The predicted molar refractivity (Wildman–Crippen MR) is 69.9 cm³/mol. The molecule has 0 aliphatic heterocycles. The van der Waals surface area contributed by atoms with Crippen LogP contribution in [-0.2, 0) is 7.05 Å². The lowest BCUT2D eigenvalue weighted by atomic mass is 10.2. The second-order valence-electron chi connectivity index (χ2n) is 3.67. The van der Waals surface area contributed by atoms with Crippen molar-refractivity contribution in [3.8, 4) is 17.1 Å². The van der Waals surface area contributed by atoms with Crippen LogP contribution in [0, 0.1) is 0 Å². The van der Waals surface area contributed by atoms with E-state index >= 15 is 0 Å². The molecular formula is C12H11BrN2O3. The molecule has 0 bridgehead atoms. The molecule has 1 aromatic heterocycles. The smallest absolute Gasteiger partial charge is 0.355 e. The van der Waals surface area contributed by atoms with E-state index < -0.39 is 5.97 Å². The third kappa shape index (κ3) is 2.11. The molecule has 0 aliphatic carbocycles. The topological polar surface area (TPSA) is 64.3 Å². The van der Waals surface area contributed by atoms with E-state index in [0.29, 0.717) is 10.4 Å². The van der Waals surface area contributed by atoms with Crippen LogP contribution in [0.2, 0.25) is 0 Å². The van der Waals surface area contributed by atoms with Crippen LogP contribution in [0.5, 0.6) is 5.75 Å². The van der Waals surface area contributed by atoms with Crippen molar-refractivity contribution < 1.29 is 14.6 Å². The molecular weight excluding hydrogens is 300 g/mol. The molecule has 0 fully saturated rings. The molecule has 0 unspecified atom stereocenters. The van der Waals surface area contributed by atoms with E-state index in [4.69, 9.17) is 9.84 Å². The van der Waals surface area contributed by atoms with E-state index in [1.807, 2.05) is 12.1 Å². The number of nitrogens with zero attached hydrogens (tertiary/aromatic N) is 2. The van der Waals surface area contributed by atoms with Crippen molar-refractivity contribution in [1.82, 2.24) is 9.55 Å². The molecule has 1 heterocycles. The average Bonchev–Trinajstić information content (AvgIpc) is 2.65. The lowest BCUT2D eigenvalue weighted by Gasteiger charge is -2.04. The number of ether oxygens (including phenoxy) is 1. The molecule has 18 heavy (non-hydrogen) atoms. The number of imidazole rings is 1. The third-order valence-corrected chi connectivity index (χ3v) is 3.16. The van der Waals surface area contributed by atoms with E-state index in [9.17, 15) is 4.79 Å². The molecule has 5 nitrogen and oxygen atoms in total. The van der Waals surface area contributed by atoms with Gasteiger partial charge in [-0.3, -0.25) is 0 Å². The molecule has 1 N–H and O–H groups in total. The number of aromatic nitrogens is 2. The van der Waals surface area contributed by atoms with Crippen LogP contribution in [0.1, 0.15) is 10.5 Å². The van der Waals surface area contributed by atoms with E-state index in [0.717, 1.165) is 11.3 Å². The maximum Gasteiger partial charge on any atom is 0.355 e. The predicted octanol–water partition coefficient (Wildman–Crippen LogP) is 2.56. The zero-order valence-electron chi connectivity index (χ0n) is 9.85. The van der Waals surface area contributed by atoms with Gasteiger partial charge in [0.2, 0.25) is 0 Å². The Bertz CT molecular complexity index is 590. The molecule has 0 atom stereocenters. The quantitative estimate of drug-likeness (QED) is 0.946. The van der Waals surface area contributed by atoms with Gasteiger partial charge in [0.25, 0.3) is 0 Å². The summed E-state index contributed by atoms with van der Waals surface area (Å²) >= 11 is 3.16. The zero-order valence-corrected chi connectivity index (χ0v) is 11.4. The Balaban J connectivity index is 2.50. The van der Waals surface area contributed by atoms with Gasteiger partial charge in [0.1, 0.15) is 16.2 Å². The minimum atomic E-state index is -1.02. The van der Waals surface area contributed by atoms with E-state index in [2.05, 4.69) is 20.9 Å². The van der Waals surface area contributed by atoms with Crippen LogP contribution >= 0.6 is 15.9 Å². The van der Waals surface area contributed by atoms with Gasteiger partial charge in [-0.25, -0.2) is 9.78 Å². The van der Waals surface area contributed by atoms with Crippen LogP contribution in [0.15, 0.2) is 28.9 Å². The van der Waals surface area contributed by atoms with E-state index in [1.54, 1.807) is 26.3 Å². The van der Waals surface area contributed by atoms with Gasteiger partial charge in [-0.1, -0.05) is 0 Å². The number of methoxy groups -OCH3 is 1. The number of hydrogen-bond acceptors (Lipinski definition) is 3. The summed E-state index contributed by atoms with van der Waals surface area (Å²) in [7, 11) is 3.26. The lowest BCUT2D eigenvalue weighted by molar-refractivity contribution is 0.0685. The third-order valence-electron chi connectivity index (χ3n) is 2.60. The molecule has 2 rings (SSSR count). The van der Waals surface area contributed by atoms with Gasteiger partial charge in [-0.2, -0.15) is 0 Å². The summed E-state index contributed by atoms with van der Waals surface area (Å²) in [6.07, 6.45) is 0. The first-order valence-electron chi connectivity index (χ1n) is 5.14. The van der Waals surface area contributed by atoms with Gasteiger partial charge in [-0.15, -0.1) is 0 Å². The van der Waals surface area contributed by atoms with Crippen LogP contribution < -0.4 is 4.74 Å². The first-order valence-corrected chi connectivity index (χ1v) is 5.94. The van der Waals surface area contributed by atoms with Crippen LogP contribution in [0.4, 0.5) is 0 Å². The number of rotatable bonds is 3. The van der Waals surface area contributed by atoms with Crippen LogP contribution in [-0.4, -0.2) is 27.7 Å². The number of benzene rings is 1. The van der Waals surface area contributed by atoms with Crippen LogP contribution in [0.25, 0.3) is 11.4 Å². The second-order valence-corrected chi connectivity index (χ2v) is 4.42. The Morgan fingerprint density at radius 2 is 2.00 bits per heavy atom. The zero-order chi connectivity index (χ0) is 13.3. The first kappa shape index (κ1) is 12.6. The SMILES string of the molecule is COc1ccc(-c2nc(Br)c(C(=O)O)n2C)cc1. The van der Waals surface area contributed by atoms with Crippen molar-refractivity contribution >= 4 is 21.9 Å². The van der Waals surface area contributed by atoms with Crippen molar-refractivity contribution in [2.75, 3.05) is 7.11 Å². The van der Waals surface area contributed by atoms with Gasteiger partial charge < -0.3 is 14.4 Å². The highest BCUT2D eigenvalue weighted by Crippen LogP contribution is 2.26. The largest absolute Gasteiger partial charge is 0.497 e.